The number of carboxylic acid groups (broad SMARTS) is 1. The maximum absolute atomic E-state index is 13.3. The number of hydrogen-bond donors (Lipinski definition) is 2. The van der Waals surface area contributed by atoms with Crippen LogP contribution in [0.15, 0.2) is 24.3 Å². The topological polar surface area (TPSA) is 84.3 Å². The van der Waals surface area contributed by atoms with Crippen LogP contribution in [0.25, 0.3) is 0 Å². The van der Waals surface area contributed by atoms with Gasteiger partial charge in [0.15, 0.2) is 0 Å². The highest BCUT2D eigenvalue weighted by Crippen LogP contribution is 2.42. The predicted octanol–water partition coefficient (Wildman–Crippen LogP) is 1.28. The molecule has 24 heavy (non-hydrogen) atoms. The largest absolute Gasteiger partial charge is 0.465 e. The number of halogens is 1. The summed E-state index contributed by atoms with van der Waals surface area (Å²) in [6.45, 7) is 1.87. The first kappa shape index (κ1) is 16.5. The van der Waals surface area contributed by atoms with Gasteiger partial charge in [0.2, 0.25) is 0 Å². The molecule has 2 aliphatic rings. The van der Waals surface area contributed by atoms with Crippen molar-refractivity contribution in [1.29, 1.82) is 0 Å². The van der Waals surface area contributed by atoms with Crippen LogP contribution in [0, 0.1) is 5.82 Å². The highest BCUT2D eigenvalue weighted by molar-refractivity contribution is 5.94. The third-order valence-electron chi connectivity index (χ3n) is 5.06. The van der Waals surface area contributed by atoms with Gasteiger partial charge < -0.3 is 20.0 Å². The van der Waals surface area contributed by atoms with Crippen molar-refractivity contribution in [1.82, 2.24) is 9.80 Å². The van der Waals surface area contributed by atoms with Crippen LogP contribution in [-0.4, -0.2) is 63.5 Å². The summed E-state index contributed by atoms with van der Waals surface area (Å²) in [5.41, 5.74) is -0.233. The monoisotopic (exact) mass is 337 g/mol. The van der Waals surface area contributed by atoms with Crippen molar-refractivity contribution < 1.29 is 24.2 Å². The smallest absolute Gasteiger partial charge is 0.407 e. The van der Waals surface area contributed by atoms with Crippen molar-refractivity contribution in [2.24, 2.45) is 0 Å². The molecule has 8 heteroatoms. The summed E-state index contributed by atoms with van der Waals surface area (Å²) in [4.78, 5) is 28.6. The first-order valence-corrected chi connectivity index (χ1v) is 7.85. The average Bonchev–Trinajstić information content (AvgIpc) is 2.76. The average molecular weight is 337 g/mol. The van der Waals surface area contributed by atoms with Crippen molar-refractivity contribution >= 4 is 17.7 Å². The molecular formula is C16H20FN3O4. The fourth-order valence-electron chi connectivity index (χ4n) is 3.81. The minimum absolute atomic E-state index is 0.216. The molecule has 0 aliphatic carbocycles. The van der Waals surface area contributed by atoms with Crippen LogP contribution >= 0.6 is 0 Å². The Kier molecular flexibility index (Phi) is 4.08. The van der Waals surface area contributed by atoms with E-state index in [4.69, 9.17) is 5.11 Å². The molecule has 1 spiro atoms. The van der Waals surface area contributed by atoms with Crippen molar-refractivity contribution in [3.63, 3.8) is 0 Å². The fraction of sp³-hybridized carbons (Fsp3) is 0.500. The molecule has 0 saturated carbocycles. The number of piperidine rings is 1. The van der Waals surface area contributed by atoms with E-state index in [0.717, 1.165) is 0 Å². The number of aliphatic hydroxyl groups is 1. The lowest BCUT2D eigenvalue weighted by Crippen LogP contribution is -2.57. The SMILES string of the molecule is CC1N(CO)C(=O)C2(CCN(C(=O)O)CC2)N1c1ccc(F)cc1. The molecule has 1 aromatic rings. The summed E-state index contributed by atoms with van der Waals surface area (Å²) in [6.07, 6.45) is -0.743. The number of likely N-dealkylation sites (tertiary alicyclic amines) is 1. The number of rotatable bonds is 2. The Bertz CT molecular complexity index is 643. The Labute approximate surface area is 138 Å². The molecule has 2 amide bonds. The summed E-state index contributed by atoms with van der Waals surface area (Å²) in [5, 5.41) is 18.7. The Morgan fingerprint density at radius 1 is 1.29 bits per heavy atom. The maximum Gasteiger partial charge on any atom is 0.407 e. The van der Waals surface area contributed by atoms with E-state index < -0.39 is 24.5 Å². The van der Waals surface area contributed by atoms with Crippen molar-refractivity contribution in [2.45, 2.75) is 31.5 Å². The minimum Gasteiger partial charge on any atom is -0.465 e. The zero-order valence-corrected chi connectivity index (χ0v) is 13.4. The number of amides is 2. The number of anilines is 1. The molecule has 0 bridgehead atoms. The first-order chi connectivity index (χ1) is 11.4. The lowest BCUT2D eigenvalue weighted by molar-refractivity contribution is -0.137. The van der Waals surface area contributed by atoms with E-state index >= 15 is 0 Å². The number of carbonyl (C=O) groups is 2. The summed E-state index contributed by atoms with van der Waals surface area (Å²) in [7, 11) is 0. The maximum atomic E-state index is 13.3. The van der Waals surface area contributed by atoms with Gasteiger partial charge in [0, 0.05) is 18.8 Å². The third kappa shape index (κ3) is 2.37. The number of benzene rings is 1. The molecule has 0 aromatic heterocycles. The molecule has 2 heterocycles. The van der Waals surface area contributed by atoms with E-state index in [9.17, 15) is 19.1 Å². The van der Waals surface area contributed by atoms with Gasteiger partial charge in [-0.3, -0.25) is 9.69 Å². The van der Waals surface area contributed by atoms with Crippen LogP contribution in [0.1, 0.15) is 19.8 Å². The van der Waals surface area contributed by atoms with Gasteiger partial charge in [0.25, 0.3) is 5.91 Å². The van der Waals surface area contributed by atoms with Crippen LogP contribution in [0.3, 0.4) is 0 Å². The molecule has 2 saturated heterocycles. The molecule has 2 N–H and O–H groups in total. The molecule has 1 aromatic carbocycles. The Hall–Kier alpha value is -2.35. The molecule has 7 nitrogen and oxygen atoms in total. The lowest BCUT2D eigenvalue weighted by Gasteiger charge is -2.43. The van der Waals surface area contributed by atoms with Gasteiger partial charge in [-0.2, -0.15) is 0 Å². The molecule has 0 radical (unpaired) electrons. The Morgan fingerprint density at radius 3 is 2.38 bits per heavy atom. The van der Waals surface area contributed by atoms with E-state index in [0.29, 0.717) is 18.5 Å². The molecule has 2 aliphatic heterocycles. The van der Waals surface area contributed by atoms with Crippen LogP contribution in [0.5, 0.6) is 0 Å². The third-order valence-corrected chi connectivity index (χ3v) is 5.06. The molecule has 130 valence electrons. The zero-order valence-electron chi connectivity index (χ0n) is 13.4. The van der Waals surface area contributed by atoms with Gasteiger partial charge in [-0.05, 0) is 44.0 Å². The summed E-state index contributed by atoms with van der Waals surface area (Å²) in [5.74, 6) is -0.586. The fourth-order valence-corrected chi connectivity index (χ4v) is 3.81. The van der Waals surface area contributed by atoms with Gasteiger partial charge in [-0.25, -0.2) is 9.18 Å². The van der Waals surface area contributed by atoms with Gasteiger partial charge in [0.1, 0.15) is 24.3 Å². The second-order valence-electron chi connectivity index (χ2n) is 6.20. The second kappa shape index (κ2) is 5.94. The van der Waals surface area contributed by atoms with E-state index in [1.807, 2.05) is 4.90 Å². The number of hydrogen-bond acceptors (Lipinski definition) is 4. The summed E-state index contributed by atoms with van der Waals surface area (Å²) >= 11 is 0. The summed E-state index contributed by atoms with van der Waals surface area (Å²) in [6, 6.07) is 5.86. The number of nitrogens with zero attached hydrogens (tertiary/aromatic N) is 3. The Balaban J connectivity index is 1.99. The minimum atomic E-state index is -1.00. The van der Waals surface area contributed by atoms with Gasteiger partial charge >= 0.3 is 6.09 Å². The van der Waals surface area contributed by atoms with E-state index in [1.54, 1.807) is 19.1 Å². The van der Waals surface area contributed by atoms with Crippen molar-refractivity contribution in [3.05, 3.63) is 30.1 Å². The standard InChI is InChI=1S/C16H20FN3O4/c1-11-19(10-21)14(22)16(6-8-18(9-7-16)15(23)24)20(11)13-4-2-12(17)3-5-13/h2-5,11,21H,6-10H2,1H3,(H,23,24). The number of carbonyl (C=O) groups excluding carboxylic acids is 1. The van der Waals surface area contributed by atoms with Crippen molar-refractivity contribution in [2.75, 3.05) is 24.7 Å². The van der Waals surface area contributed by atoms with Gasteiger partial charge in [-0.15, -0.1) is 0 Å². The van der Waals surface area contributed by atoms with E-state index in [1.165, 1.54) is 21.9 Å². The molecule has 3 rings (SSSR count). The van der Waals surface area contributed by atoms with Crippen LogP contribution in [0.4, 0.5) is 14.9 Å². The molecule has 2 fully saturated rings. The highest BCUT2D eigenvalue weighted by atomic mass is 19.1. The molecule has 1 unspecified atom stereocenters. The van der Waals surface area contributed by atoms with Crippen LogP contribution in [0.2, 0.25) is 0 Å². The van der Waals surface area contributed by atoms with Crippen LogP contribution in [-0.2, 0) is 4.79 Å². The highest BCUT2D eigenvalue weighted by Gasteiger charge is 2.57. The first-order valence-electron chi connectivity index (χ1n) is 7.85. The van der Waals surface area contributed by atoms with E-state index in [-0.39, 0.29) is 24.8 Å². The molecule has 1 atom stereocenters. The molecular weight excluding hydrogens is 317 g/mol. The summed E-state index contributed by atoms with van der Waals surface area (Å²) < 4.78 is 13.3. The second-order valence-corrected chi connectivity index (χ2v) is 6.20. The van der Waals surface area contributed by atoms with Crippen molar-refractivity contribution in [3.8, 4) is 0 Å². The van der Waals surface area contributed by atoms with E-state index in [2.05, 4.69) is 0 Å². The normalized spacial score (nSPS) is 23.2. The zero-order chi connectivity index (χ0) is 17.5. The number of aliphatic hydroxyl groups excluding tert-OH is 1. The lowest BCUT2D eigenvalue weighted by atomic mass is 9.85. The predicted molar refractivity (Wildman–Crippen MR) is 83.8 cm³/mol. The van der Waals surface area contributed by atoms with Crippen LogP contribution < -0.4 is 4.90 Å². The Morgan fingerprint density at radius 2 is 1.88 bits per heavy atom. The van der Waals surface area contributed by atoms with Gasteiger partial charge in [-0.1, -0.05) is 0 Å². The quantitative estimate of drug-likeness (QED) is 0.849. The van der Waals surface area contributed by atoms with Gasteiger partial charge in [0.05, 0.1) is 0 Å².